The third-order valence-electron chi connectivity index (χ3n) is 8.29. The van der Waals surface area contributed by atoms with Gasteiger partial charge in [0.25, 0.3) is 0 Å². The van der Waals surface area contributed by atoms with Crippen LogP contribution in [0, 0.1) is 0 Å². The van der Waals surface area contributed by atoms with Gasteiger partial charge in [-0.3, -0.25) is 4.90 Å². The van der Waals surface area contributed by atoms with Gasteiger partial charge in [0, 0.05) is 43.5 Å². The molecule has 0 atom stereocenters. The van der Waals surface area contributed by atoms with Gasteiger partial charge in [-0.25, -0.2) is 19.6 Å². The van der Waals surface area contributed by atoms with Crippen LogP contribution in [-0.2, 0) is 0 Å². The summed E-state index contributed by atoms with van der Waals surface area (Å²) in [5, 5.41) is 10.3. The molecule has 2 fully saturated rings. The maximum atomic E-state index is 6.40. The van der Waals surface area contributed by atoms with Gasteiger partial charge in [0.15, 0.2) is 10.8 Å². The Morgan fingerprint density at radius 1 is 0.897 bits per heavy atom. The lowest BCUT2D eigenvalue weighted by molar-refractivity contribution is 0.0815. The molecule has 2 aliphatic rings. The Morgan fingerprint density at radius 3 is 2.41 bits per heavy atom. The second-order valence-corrected chi connectivity index (χ2v) is 11.8. The molecule has 1 aliphatic carbocycles. The average Bonchev–Trinajstić information content (AvgIpc) is 3.56. The van der Waals surface area contributed by atoms with Crippen LogP contribution in [0.5, 0.6) is 0 Å². The summed E-state index contributed by atoms with van der Waals surface area (Å²) < 4.78 is 3.29. The zero-order valence-corrected chi connectivity index (χ0v) is 22.9. The highest BCUT2D eigenvalue weighted by molar-refractivity contribution is 7.22. The maximum Gasteiger partial charge on any atom is 0.188 e. The number of rotatable bonds is 5. The summed E-state index contributed by atoms with van der Waals surface area (Å²) in [6.07, 6.45) is 6.14. The van der Waals surface area contributed by atoms with E-state index in [0.29, 0.717) is 17.9 Å². The minimum Gasteiger partial charge on any atom is -0.383 e. The second-order valence-electron chi connectivity index (χ2n) is 10.7. The Bertz CT molecular complexity index is 1560. The normalized spacial score (nSPS) is 21.1. The Hall–Kier alpha value is -3.60. The number of thiazole rings is 1. The maximum absolute atomic E-state index is 6.40. The lowest BCUT2D eigenvalue weighted by Gasteiger charge is -2.41. The van der Waals surface area contributed by atoms with Crippen LogP contribution in [0.4, 0.5) is 16.6 Å². The van der Waals surface area contributed by atoms with Crippen molar-refractivity contribution >= 4 is 49.2 Å². The third kappa shape index (κ3) is 4.73. The van der Waals surface area contributed by atoms with Crippen molar-refractivity contribution in [2.45, 2.75) is 37.8 Å². The SMILES string of the molecule is CN1CCN(C2CCC(n3nc(-c4ccc(Nc5nc6ccccc6s5)cc4)c4c(N)ncnc43)CC2)CC1. The molecule has 3 N–H and O–H groups in total. The summed E-state index contributed by atoms with van der Waals surface area (Å²) in [7, 11) is 2.22. The van der Waals surface area contributed by atoms with Crippen LogP contribution in [0.15, 0.2) is 54.9 Å². The largest absolute Gasteiger partial charge is 0.383 e. The Balaban J connectivity index is 1.12. The van der Waals surface area contributed by atoms with E-state index in [1.165, 1.54) is 30.6 Å². The van der Waals surface area contributed by atoms with E-state index in [2.05, 4.69) is 72.1 Å². The Morgan fingerprint density at radius 2 is 1.64 bits per heavy atom. The number of nitrogen functional groups attached to an aromatic ring is 1. The van der Waals surface area contributed by atoms with Gasteiger partial charge in [0.05, 0.1) is 21.6 Å². The van der Waals surface area contributed by atoms with Gasteiger partial charge in [-0.15, -0.1) is 0 Å². The van der Waals surface area contributed by atoms with Crippen molar-refractivity contribution in [3.63, 3.8) is 0 Å². The molecular weight excluding hydrogens is 506 g/mol. The Labute approximate surface area is 231 Å². The molecule has 3 aromatic heterocycles. The van der Waals surface area contributed by atoms with Crippen molar-refractivity contribution < 1.29 is 0 Å². The molecule has 2 aromatic carbocycles. The van der Waals surface area contributed by atoms with E-state index in [1.807, 2.05) is 18.2 Å². The molecule has 0 unspecified atom stereocenters. The van der Waals surface area contributed by atoms with E-state index in [4.69, 9.17) is 10.8 Å². The summed E-state index contributed by atoms with van der Waals surface area (Å²) in [5.74, 6) is 0.476. The molecule has 0 radical (unpaired) electrons. The summed E-state index contributed by atoms with van der Waals surface area (Å²) in [6, 6.07) is 17.5. The molecule has 5 aromatic rings. The Kier molecular flexibility index (Phi) is 6.38. The second kappa shape index (κ2) is 10.2. The van der Waals surface area contributed by atoms with Gasteiger partial charge < -0.3 is 16.0 Å². The van der Waals surface area contributed by atoms with E-state index in [-0.39, 0.29) is 0 Å². The van der Waals surface area contributed by atoms with Crippen molar-refractivity contribution in [1.82, 2.24) is 34.5 Å². The molecule has 1 aliphatic heterocycles. The summed E-state index contributed by atoms with van der Waals surface area (Å²) in [6.45, 7) is 4.68. The fraction of sp³-hybridized carbons (Fsp3) is 0.379. The van der Waals surface area contributed by atoms with Gasteiger partial charge in [-0.1, -0.05) is 35.6 Å². The fourth-order valence-corrected chi connectivity index (χ4v) is 6.95. The number of benzene rings is 2. The topological polar surface area (TPSA) is 101 Å². The number of hydrogen-bond donors (Lipinski definition) is 2. The summed E-state index contributed by atoms with van der Waals surface area (Å²) in [5.41, 5.74) is 11.1. The lowest BCUT2D eigenvalue weighted by atomic mass is 9.90. The molecule has 1 saturated carbocycles. The quantitative estimate of drug-likeness (QED) is 0.316. The van der Waals surface area contributed by atoms with Crippen LogP contribution in [0.1, 0.15) is 31.7 Å². The molecule has 200 valence electrons. The van der Waals surface area contributed by atoms with Gasteiger partial charge in [-0.2, -0.15) is 5.10 Å². The predicted molar refractivity (Wildman–Crippen MR) is 158 cm³/mol. The van der Waals surface area contributed by atoms with Gasteiger partial charge in [-0.05, 0) is 57.0 Å². The summed E-state index contributed by atoms with van der Waals surface area (Å²) in [4.78, 5) is 18.8. The van der Waals surface area contributed by atoms with Crippen LogP contribution in [0.3, 0.4) is 0 Å². The van der Waals surface area contributed by atoms with Crippen LogP contribution in [-0.4, -0.2) is 73.8 Å². The number of likely N-dealkylation sites (N-methyl/N-ethyl adjacent to an activating group) is 1. The van der Waals surface area contributed by atoms with E-state index < -0.39 is 0 Å². The van der Waals surface area contributed by atoms with Crippen molar-refractivity contribution in [1.29, 1.82) is 0 Å². The number of nitrogens with zero attached hydrogens (tertiary/aromatic N) is 7. The molecule has 39 heavy (non-hydrogen) atoms. The zero-order chi connectivity index (χ0) is 26.3. The van der Waals surface area contributed by atoms with Crippen molar-refractivity contribution in [2.75, 3.05) is 44.3 Å². The van der Waals surface area contributed by atoms with Crippen LogP contribution < -0.4 is 11.1 Å². The molecule has 10 heteroatoms. The highest BCUT2D eigenvalue weighted by atomic mass is 32.1. The first-order chi connectivity index (χ1) is 19.1. The first-order valence-corrected chi connectivity index (χ1v) is 14.6. The number of aromatic nitrogens is 5. The van der Waals surface area contributed by atoms with Crippen LogP contribution >= 0.6 is 11.3 Å². The molecule has 1 saturated heterocycles. The average molecular weight is 540 g/mol. The summed E-state index contributed by atoms with van der Waals surface area (Å²) >= 11 is 1.65. The van der Waals surface area contributed by atoms with E-state index in [0.717, 1.165) is 64.6 Å². The van der Waals surface area contributed by atoms with Crippen LogP contribution in [0.25, 0.3) is 32.5 Å². The number of hydrogen-bond acceptors (Lipinski definition) is 9. The molecule has 0 bridgehead atoms. The highest BCUT2D eigenvalue weighted by Gasteiger charge is 2.30. The molecule has 0 spiro atoms. The van der Waals surface area contributed by atoms with Crippen molar-refractivity contribution in [3.8, 4) is 11.3 Å². The van der Waals surface area contributed by atoms with Gasteiger partial charge in [0.1, 0.15) is 17.8 Å². The monoisotopic (exact) mass is 539 g/mol. The molecule has 0 amide bonds. The number of nitrogens with two attached hydrogens (primary N) is 1. The van der Waals surface area contributed by atoms with Crippen molar-refractivity contribution in [2.24, 2.45) is 0 Å². The predicted octanol–water partition coefficient (Wildman–Crippen LogP) is 5.16. The third-order valence-corrected chi connectivity index (χ3v) is 9.24. The smallest absolute Gasteiger partial charge is 0.188 e. The molecule has 4 heterocycles. The zero-order valence-electron chi connectivity index (χ0n) is 22.1. The minimum atomic E-state index is 0.319. The molecular formula is C29H33N9S. The fourth-order valence-electron chi connectivity index (χ4n) is 6.07. The first-order valence-electron chi connectivity index (χ1n) is 13.8. The van der Waals surface area contributed by atoms with E-state index >= 15 is 0 Å². The highest BCUT2D eigenvalue weighted by Crippen LogP contribution is 2.37. The van der Waals surface area contributed by atoms with E-state index in [9.17, 15) is 0 Å². The number of fused-ring (bicyclic) bond motifs is 2. The van der Waals surface area contributed by atoms with Gasteiger partial charge in [0.2, 0.25) is 0 Å². The van der Waals surface area contributed by atoms with Gasteiger partial charge >= 0.3 is 0 Å². The number of anilines is 3. The minimum absolute atomic E-state index is 0.319. The standard InChI is InChI=1S/C29H33N9S/c1-36-14-16-37(17-15-36)21-10-12-22(13-11-21)38-28-25(27(30)31-18-32-28)26(35-38)19-6-8-20(9-7-19)33-29-34-23-4-2-3-5-24(23)39-29/h2-9,18,21-22H,10-17H2,1H3,(H,33,34)(H2,30,31,32). The lowest BCUT2D eigenvalue weighted by Crippen LogP contribution is -2.49. The molecule has 7 rings (SSSR count). The number of nitrogens with one attached hydrogen (secondary N) is 1. The molecule has 9 nitrogen and oxygen atoms in total. The van der Waals surface area contributed by atoms with Crippen molar-refractivity contribution in [3.05, 3.63) is 54.9 Å². The van der Waals surface area contributed by atoms with E-state index in [1.54, 1.807) is 17.7 Å². The first kappa shape index (κ1) is 24.4. The van der Waals surface area contributed by atoms with Crippen LogP contribution in [0.2, 0.25) is 0 Å². The number of piperazine rings is 1. The number of para-hydroxylation sites is 1.